The molecule has 0 saturated heterocycles. The van der Waals surface area contributed by atoms with E-state index in [1.54, 1.807) is 6.92 Å². The Balaban J connectivity index is 2.49. The van der Waals surface area contributed by atoms with Crippen molar-refractivity contribution >= 4 is 39.2 Å². The normalized spacial score (nSPS) is 11.3. The molecular weight excluding hydrogens is 258 g/mol. The molecule has 0 atom stereocenters. The molecule has 0 aliphatic heterocycles. The molecular formula is C16H14ClNO. The molecule has 1 aromatic heterocycles. The molecule has 0 radical (unpaired) electrons. The molecule has 96 valence electrons. The van der Waals surface area contributed by atoms with E-state index >= 15 is 0 Å². The van der Waals surface area contributed by atoms with Crippen molar-refractivity contribution in [1.82, 2.24) is 4.57 Å². The van der Waals surface area contributed by atoms with Crippen LogP contribution in [-0.4, -0.2) is 10.4 Å². The average Bonchev–Trinajstić information content (AvgIpc) is 2.71. The molecule has 0 bridgehead atoms. The molecule has 0 N–H and O–H groups in total. The second kappa shape index (κ2) is 4.39. The van der Waals surface area contributed by atoms with E-state index in [1.807, 2.05) is 36.4 Å². The van der Waals surface area contributed by atoms with Crippen molar-refractivity contribution in [2.45, 2.75) is 20.4 Å². The van der Waals surface area contributed by atoms with Crippen molar-refractivity contribution in [3.05, 3.63) is 47.0 Å². The van der Waals surface area contributed by atoms with E-state index in [0.29, 0.717) is 0 Å². The Kier molecular flexibility index (Phi) is 2.83. The number of fused-ring (bicyclic) bond motifs is 3. The van der Waals surface area contributed by atoms with Crippen LogP contribution in [0.4, 0.5) is 0 Å². The van der Waals surface area contributed by atoms with Crippen molar-refractivity contribution < 1.29 is 4.79 Å². The van der Waals surface area contributed by atoms with Crippen LogP contribution in [0.5, 0.6) is 0 Å². The highest BCUT2D eigenvalue weighted by molar-refractivity contribution is 6.32. The molecule has 2 aromatic carbocycles. The number of ketones is 1. The second-order valence-electron chi connectivity index (χ2n) is 4.69. The average molecular weight is 272 g/mol. The summed E-state index contributed by atoms with van der Waals surface area (Å²) in [5.74, 6) is 0.0846. The van der Waals surface area contributed by atoms with Crippen molar-refractivity contribution in [2.75, 3.05) is 0 Å². The first-order valence-electron chi connectivity index (χ1n) is 6.34. The van der Waals surface area contributed by atoms with Gasteiger partial charge in [-0.3, -0.25) is 4.79 Å². The summed E-state index contributed by atoms with van der Waals surface area (Å²) in [6.07, 6.45) is 0. The van der Waals surface area contributed by atoms with Gasteiger partial charge in [0.2, 0.25) is 0 Å². The highest BCUT2D eigenvalue weighted by Gasteiger charge is 2.11. The van der Waals surface area contributed by atoms with Gasteiger partial charge in [0, 0.05) is 38.9 Å². The van der Waals surface area contributed by atoms with Gasteiger partial charge < -0.3 is 4.57 Å². The van der Waals surface area contributed by atoms with Gasteiger partial charge in [0.1, 0.15) is 0 Å². The van der Waals surface area contributed by atoms with Crippen molar-refractivity contribution in [3.8, 4) is 0 Å². The molecule has 2 nitrogen and oxygen atoms in total. The number of carbonyl (C=O) groups is 1. The summed E-state index contributed by atoms with van der Waals surface area (Å²) in [5.41, 5.74) is 3.04. The first-order chi connectivity index (χ1) is 9.11. The first-order valence-corrected chi connectivity index (χ1v) is 6.72. The van der Waals surface area contributed by atoms with Crippen LogP contribution in [0.2, 0.25) is 5.02 Å². The quantitative estimate of drug-likeness (QED) is 0.621. The lowest BCUT2D eigenvalue weighted by molar-refractivity contribution is 0.101. The molecule has 0 fully saturated rings. The van der Waals surface area contributed by atoms with E-state index in [2.05, 4.69) is 11.5 Å². The molecule has 3 heteroatoms. The van der Waals surface area contributed by atoms with Gasteiger partial charge in [0.25, 0.3) is 0 Å². The molecule has 0 aliphatic carbocycles. The van der Waals surface area contributed by atoms with Gasteiger partial charge in [-0.2, -0.15) is 0 Å². The molecule has 19 heavy (non-hydrogen) atoms. The summed E-state index contributed by atoms with van der Waals surface area (Å²) in [7, 11) is 0. The standard InChI is InChI=1S/C16H14ClNO/c1-3-18-15-6-4-11(10(2)19)8-13(15)14-9-12(17)5-7-16(14)18/h4-9H,3H2,1-2H3. The highest BCUT2D eigenvalue weighted by Crippen LogP contribution is 2.31. The summed E-state index contributed by atoms with van der Waals surface area (Å²) in [5, 5.41) is 2.91. The Morgan fingerprint density at radius 2 is 1.74 bits per heavy atom. The molecule has 0 aliphatic rings. The number of hydrogen-bond donors (Lipinski definition) is 0. The molecule has 1 heterocycles. The number of nitrogens with zero attached hydrogens (tertiary/aromatic N) is 1. The van der Waals surface area contributed by atoms with Crippen molar-refractivity contribution in [3.63, 3.8) is 0 Å². The number of aryl methyl sites for hydroxylation is 1. The number of aromatic nitrogens is 1. The summed E-state index contributed by atoms with van der Waals surface area (Å²) in [6, 6.07) is 11.8. The maximum atomic E-state index is 11.5. The minimum absolute atomic E-state index is 0.0846. The maximum Gasteiger partial charge on any atom is 0.159 e. The molecule has 0 spiro atoms. The van der Waals surface area contributed by atoms with Crippen LogP contribution in [0.1, 0.15) is 24.2 Å². The summed E-state index contributed by atoms with van der Waals surface area (Å²) < 4.78 is 2.24. The topological polar surface area (TPSA) is 22.0 Å². The molecule has 3 rings (SSSR count). The van der Waals surface area contributed by atoms with Crippen LogP contribution in [0, 0.1) is 0 Å². The lowest BCUT2D eigenvalue weighted by Crippen LogP contribution is -1.94. The predicted molar refractivity (Wildman–Crippen MR) is 80.1 cm³/mol. The van der Waals surface area contributed by atoms with E-state index in [1.165, 1.54) is 0 Å². The Morgan fingerprint density at radius 1 is 1.11 bits per heavy atom. The fourth-order valence-corrected chi connectivity index (χ4v) is 2.81. The summed E-state index contributed by atoms with van der Waals surface area (Å²) in [4.78, 5) is 11.5. The zero-order valence-corrected chi connectivity index (χ0v) is 11.7. The third-order valence-electron chi connectivity index (χ3n) is 3.55. The van der Waals surface area contributed by atoms with Crippen LogP contribution >= 0.6 is 11.6 Å². The fourth-order valence-electron chi connectivity index (χ4n) is 2.64. The summed E-state index contributed by atoms with van der Waals surface area (Å²) in [6.45, 7) is 4.60. The Labute approximate surface area is 116 Å². The van der Waals surface area contributed by atoms with Crippen molar-refractivity contribution in [2.24, 2.45) is 0 Å². The minimum atomic E-state index is 0.0846. The van der Waals surface area contributed by atoms with Crippen LogP contribution in [-0.2, 0) is 6.54 Å². The van der Waals surface area contributed by atoms with Crippen LogP contribution in [0.3, 0.4) is 0 Å². The lowest BCUT2D eigenvalue weighted by atomic mass is 10.1. The van der Waals surface area contributed by atoms with Crippen LogP contribution in [0.15, 0.2) is 36.4 Å². The number of benzene rings is 2. The van der Waals surface area contributed by atoms with E-state index in [4.69, 9.17) is 11.6 Å². The summed E-state index contributed by atoms with van der Waals surface area (Å²) >= 11 is 6.10. The number of Topliss-reactive ketones (excluding diaryl/α,β-unsaturated/α-hetero) is 1. The molecule has 0 saturated carbocycles. The lowest BCUT2D eigenvalue weighted by Gasteiger charge is -2.03. The van der Waals surface area contributed by atoms with Gasteiger partial charge in [0.15, 0.2) is 5.78 Å². The minimum Gasteiger partial charge on any atom is -0.341 e. The number of rotatable bonds is 2. The van der Waals surface area contributed by atoms with Gasteiger partial charge in [-0.25, -0.2) is 0 Å². The maximum absolute atomic E-state index is 11.5. The predicted octanol–water partition coefficient (Wildman–Crippen LogP) is 4.67. The van der Waals surface area contributed by atoms with Gasteiger partial charge in [-0.15, -0.1) is 0 Å². The van der Waals surface area contributed by atoms with Crippen LogP contribution in [0.25, 0.3) is 21.8 Å². The highest BCUT2D eigenvalue weighted by atomic mass is 35.5. The second-order valence-corrected chi connectivity index (χ2v) is 5.13. The number of halogens is 1. The monoisotopic (exact) mass is 271 g/mol. The van der Waals surface area contributed by atoms with Crippen LogP contribution < -0.4 is 0 Å². The van der Waals surface area contributed by atoms with E-state index in [-0.39, 0.29) is 5.78 Å². The first kappa shape index (κ1) is 12.2. The van der Waals surface area contributed by atoms with Gasteiger partial charge in [0.05, 0.1) is 0 Å². The smallest absolute Gasteiger partial charge is 0.159 e. The Morgan fingerprint density at radius 3 is 2.37 bits per heavy atom. The van der Waals surface area contributed by atoms with Gasteiger partial charge in [-0.05, 0) is 50.2 Å². The zero-order valence-electron chi connectivity index (χ0n) is 10.9. The van der Waals surface area contributed by atoms with E-state index in [9.17, 15) is 4.79 Å². The van der Waals surface area contributed by atoms with E-state index in [0.717, 1.165) is 38.9 Å². The fraction of sp³-hybridized carbons (Fsp3) is 0.188. The number of hydrogen-bond acceptors (Lipinski definition) is 1. The number of carbonyl (C=O) groups excluding carboxylic acids is 1. The van der Waals surface area contributed by atoms with E-state index < -0.39 is 0 Å². The third kappa shape index (κ3) is 1.83. The SMILES string of the molecule is CCn1c2ccc(Cl)cc2c2cc(C(C)=O)ccc21. The molecule has 3 aromatic rings. The molecule has 0 amide bonds. The van der Waals surface area contributed by atoms with Gasteiger partial charge >= 0.3 is 0 Å². The zero-order chi connectivity index (χ0) is 13.6. The third-order valence-corrected chi connectivity index (χ3v) is 3.78. The Hall–Kier alpha value is -1.80. The van der Waals surface area contributed by atoms with Crippen molar-refractivity contribution in [1.29, 1.82) is 0 Å². The molecule has 0 unspecified atom stereocenters. The largest absolute Gasteiger partial charge is 0.341 e. The Bertz CT molecular complexity index is 801. The van der Waals surface area contributed by atoms with Gasteiger partial charge in [-0.1, -0.05) is 11.6 Å².